The maximum absolute atomic E-state index is 13.9. The lowest BCUT2D eigenvalue weighted by Gasteiger charge is -2.28. The maximum atomic E-state index is 13.9. The van der Waals surface area contributed by atoms with Gasteiger partial charge in [0.05, 0.1) is 31.8 Å². The second-order valence-corrected chi connectivity index (χ2v) is 11.1. The number of benzene rings is 1. The molecule has 7 rings (SSSR count). The Morgan fingerprint density at radius 3 is 2.36 bits per heavy atom. The van der Waals surface area contributed by atoms with E-state index < -0.39 is 10.0 Å². The fourth-order valence-electron chi connectivity index (χ4n) is 4.90. The first-order chi connectivity index (χ1) is 19.0. The van der Waals surface area contributed by atoms with E-state index >= 15 is 0 Å². The van der Waals surface area contributed by atoms with Crippen LogP contribution in [0.25, 0.3) is 38.9 Å². The van der Waals surface area contributed by atoms with Gasteiger partial charge in [0.25, 0.3) is 0 Å². The molecule has 0 spiro atoms. The Balaban J connectivity index is 1.27. The summed E-state index contributed by atoms with van der Waals surface area (Å²) in [6, 6.07) is 13.8. The van der Waals surface area contributed by atoms with Gasteiger partial charge in [0.15, 0.2) is 5.03 Å². The van der Waals surface area contributed by atoms with Gasteiger partial charge in [-0.2, -0.15) is 22.7 Å². The number of hydrogen-bond donors (Lipinski definition) is 0. The van der Waals surface area contributed by atoms with Gasteiger partial charge in [-0.15, -0.1) is 0 Å². The number of hydrogen-bond acceptors (Lipinski definition) is 8. The molecular formula is C27H24N8O3S. The van der Waals surface area contributed by atoms with Crippen LogP contribution in [0.5, 0.6) is 0 Å². The smallest absolute Gasteiger partial charge is 0.301 e. The monoisotopic (exact) mass is 540 g/mol. The van der Waals surface area contributed by atoms with Crippen LogP contribution in [0.1, 0.15) is 0 Å². The van der Waals surface area contributed by atoms with Crippen molar-refractivity contribution in [2.45, 2.75) is 5.03 Å². The molecule has 0 amide bonds. The lowest BCUT2D eigenvalue weighted by atomic mass is 10.1. The normalized spacial score (nSPS) is 14.4. The first-order valence-corrected chi connectivity index (χ1v) is 13.9. The number of ether oxygens (including phenoxy) is 1. The van der Waals surface area contributed by atoms with E-state index in [0.717, 1.165) is 58.3 Å². The van der Waals surface area contributed by atoms with Gasteiger partial charge in [0.2, 0.25) is 0 Å². The SMILES string of the molecule is Cn1cc(-c2cnc3cnn(S(=O)(=O)c4cnc5ccc(-c6ccc(N7CCOCC7)cc6)cn45)c3c2)cn1. The Morgan fingerprint density at radius 1 is 0.795 bits per heavy atom. The number of morpholine rings is 1. The molecule has 0 aliphatic carbocycles. The zero-order valence-corrected chi connectivity index (χ0v) is 21.9. The van der Waals surface area contributed by atoms with Crippen molar-refractivity contribution in [2.24, 2.45) is 7.05 Å². The molecule has 1 aromatic carbocycles. The molecule has 11 nitrogen and oxygen atoms in total. The maximum Gasteiger partial charge on any atom is 0.301 e. The molecule has 1 saturated heterocycles. The van der Waals surface area contributed by atoms with Crippen molar-refractivity contribution in [1.82, 2.24) is 33.3 Å². The number of imidazole rings is 1. The Kier molecular flexibility index (Phi) is 5.46. The summed E-state index contributed by atoms with van der Waals surface area (Å²) in [5.41, 5.74) is 5.93. The lowest BCUT2D eigenvalue weighted by molar-refractivity contribution is 0.122. The van der Waals surface area contributed by atoms with Gasteiger partial charge in [0.1, 0.15) is 16.7 Å². The van der Waals surface area contributed by atoms with Crippen molar-refractivity contribution in [2.75, 3.05) is 31.2 Å². The van der Waals surface area contributed by atoms with E-state index in [2.05, 4.69) is 37.2 Å². The Hall–Kier alpha value is -4.55. The highest BCUT2D eigenvalue weighted by Crippen LogP contribution is 2.28. The summed E-state index contributed by atoms with van der Waals surface area (Å²) in [5, 5.41) is 8.41. The highest BCUT2D eigenvalue weighted by molar-refractivity contribution is 7.90. The minimum atomic E-state index is -4.09. The second-order valence-electron chi connectivity index (χ2n) is 9.41. The van der Waals surface area contributed by atoms with E-state index in [0.29, 0.717) is 16.7 Å². The van der Waals surface area contributed by atoms with Crippen molar-refractivity contribution in [3.63, 3.8) is 0 Å². The second kappa shape index (κ2) is 9.03. The van der Waals surface area contributed by atoms with Crippen LogP contribution in [-0.4, -0.2) is 68.1 Å². The fourth-order valence-corrected chi connectivity index (χ4v) is 6.23. The Bertz CT molecular complexity index is 1930. The average Bonchev–Trinajstić information content (AvgIpc) is 3.71. The number of pyridine rings is 2. The molecule has 39 heavy (non-hydrogen) atoms. The van der Waals surface area contributed by atoms with Gasteiger partial charge in [-0.1, -0.05) is 12.1 Å². The van der Waals surface area contributed by atoms with E-state index in [1.165, 1.54) is 12.4 Å². The van der Waals surface area contributed by atoms with Gasteiger partial charge in [-0.05, 0) is 41.5 Å². The minimum absolute atomic E-state index is 0.0149. The van der Waals surface area contributed by atoms with Crippen LogP contribution in [0.2, 0.25) is 0 Å². The number of rotatable bonds is 5. The molecule has 5 aromatic heterocycles. The van der Waals surface area contributed by atoms with Crippen LogP contribution in [0.3, 0.4) is 0 Å². The van der Waals surface area contributed by atoms with Gasteiger partial charge in [-0.3, -0.25) is 14.1 Å². The quantitative estimate of drug-likeness (QED) is 0.328. The van der Waals surface area contributed by atoms with Crippen LogP contribution in [-0.2, 0) is 21.8 Å². The van der Waals surface area contributed by atoms with Gasteiger partial charge in [0, 0.05) is 55.5 Å². The summed E-state index contributed by atoms with van der Waals surface area (Å²) in [7, 11) is -2.27. The molecule has 12 heteroatoms. The first-order valence-electron chi connectivity index (χ1n) is 12.5. The number of anilines is 1. The van der Waals surface area contributed by atoms with E-state index in [-0.39, 0.29) is 5.03 Å². The molecule has 0 radical (unpaired) electrons. The summed E-state index contributed by atoms with van der Waals surface area (Å²) in [6.45, 7) is 3.18. The van der Waals surface area contributed by atoms with Crippen LogP contribution in [0.4, 0.5) is 5.69 Å². The molecule has 6 aromatic rings. The lowest BCUT2D eigenvalue weighted by Crippen LogP contribution is -2.36. The molecule has 0 unspecified atom stereocenters. The third-order valence-electron chi connectivity index (χ3n) is 6.97. The largest absolute Gasteiger partial charge is 0.378 e. The number of aryl methyl sites for hydroxylation is 1. The molecule has 1 fully saturated rings. The Morgan fingerprint density at radius 2 is 1.59 bits per heavy atom. The van der Waals surface area contributed by atoms with Crippen molar-refractivity contribution in [3.05, 3.63) is 79.6 Å². The van der Waals surface area contributed by atoms with Gasteiger partial charge >= 0.3 is 10.0 Å². The number of aromatic nitrogens is 7. The zero-order valence-electron chi connectivity index (χ0n) is 21.0. The number of nitrogens with zero attached hydrogens (tertiary/aromatic N) is 8. The summed E-state index contributed by atoms with van der Waals surface area (Å²) in [4.78, 5) is 11.1. The predicted octanol–water partition coefficient (Wildman–Crippen LogP) is 3.22. The van der Waals surface area contributed by atoms with E-state index in [1.807, 2.05) is 37.5 Å². The van der Waals surface area contributed by atoms with E-state index in [1.54, 1.807) is 33.7 Å². The third kappa shape index (κ3) is 4.04. The van der Waals surface area contributed by atoms with E-state index in [4.69, 9.17) is 4.74 Å². The summed E-state index contributed by atoms with van der Waals surface area (Å²) in [5.74, 6) is 0. The predicted molar refractivity (Wildman–Crippen MR) is 146 cm³/mol. The molecule has 0 saturated carbocycles. The fraction of sp³-hybridized carbons (Fsp3) is 0.185. The van der Waals surface area contributed by atoms with Crippen molar-refractivity contribution in [3.8, 4) is 22.3 Å². The van der Waals surface area contributed by atoms with Crippen molar-refractivity contribution < 1.29 is 13.2 Å². The molecule has 0 N–H and O–H groups in total. The topological polar surface area (TPSA) is 112 Å². The van der Waals surface area contributed by atoms with Crippen molar-refractivity contribution in [1.29, 1.82) is 0 Å². The highest BCUT2D eigenvalue weighted by atomic mass is 32.2. The molecule has 6 heterocycles. The molecule has 0 bridgehead atoms. The molecule has 1 aliphatic heterocycles. The molecular weight excluding hydrogens is 516 g/mol. The zero-order chi connectivity index (χ0) is 26.6. The van der Waals surface area contributed by atoms with Crippen LogP contribution < -0.4 is 4.90 Å². The van der Waals surface area contributed by atoms with Gasteiger partial charge in [-0.25, -0.2) is 4.98 Å². The summed E-state index contributed by atoms with van der Waals surface area (Å²) >= 11 is 0. The molecule has 0 atom stereocenters. The summed E-state index contributed by atoms with van der Waals surface area (Å²) < 4.78 is 37.5. The summed E-state index contributed by atoms with van der Waals surface area (Å²) in [6.07, 6.45) is 9.84. The minimum Gasteiger partial charge on any atom is -0.378 e. The molecule has 1 aliphatic rings. The molecule has 196 valence electrons. The third-order valence-corrected chi connectivity index (χ3v) is 8.54. The van der Waals surface area contributed by atoms with Crippen molar-refractivity contribution >= 4 is 32.4 Å². The first kappa shape index (κ1) is 23.6. The highest BCUT2D eigenvalue weighted by Gasteiger charge is 2.25. The Labute approximate surface area is 224 Å². The standard InChI is InChI=1S/C27H24N8O3S/c1-32-17-22(14-30-32)21-12-25-24(28-13-21)15-31-35(25)39(36,37)27-16-29-26-7-4-20(18-34(26)27)19-2-5-23(6-3-19)33-8-10-38-11-9-33/h2-7,12-18H,8-11H2,1H3. The van der Waals surface area contributed by atoms with Crippen LogP contribution in [0, 0.1) is 0 Å². The van der Waals surface area contributed by atoms with Crippen LogP contribution in [0.15, 0.2) is 84.7 Å². The van der Waals surface area contributed by atoms with E-state index in [9.17, 15) is 8.42 Å². The average molecular weight is 541 g/mol. The van der Waals surface area contributed by atoms with Gasteiger partial charge < -0.3 is 9.64 Å². The number of fused-ring (bicyclic) bond motifs is 2. The van der Waals surface area contributed by atoms with Crippen LogP contribution >= 0.6 is 0 Å².